The first-order valence-electron chi connectivity index (χ1n) is 8.57. The van der Waals surface area contributed by atoms with Gasteiger partial charge in [0.1, 0.15) is 12.1 Å². The second-order valence-electron chi connectivity index (χ2n) is 6.22. The third-order valence-electron chi connectivity index (χ3n) is 4.39. The minimum absolute atomic E-state index is 0.176. The van der Waals surface area contributed by atoms with Crippen LogP contribution in [0.2, 0.25) is 0 Å². The predicted octanol–water partition coefficient (Wildman–Crippen LogP) is 4.08. The first-order valence-corrected chi connectivity index (χ1v) is 8.57. The number of benzene rings is 1. The molecule has 0 unspecified atom stereocenters. The highest BCUT2D eigenvalue weighted by Gasteiger charge is 2.21. The highest BCUT2D eigenvalue weighted by atomic mass is 19.1. The fourth-order valence-electron chi connectivity index (χ4n) is 3.02. The maximum Gasteiger partial charge on any atom is 0.258 e. The molecule has 0 spiro atoms. The Balaban J connectivity index is 1.82. The Labute approximate surface area is 145 Å². The number of hydrogen-bond donors (Lipinski definition) is 1. The number of nitrogens with one attached hydrogen (secondary N) is 1. The molecule has 1 N–H and O–H groups in total. The lowest BCUT2D eigenvalue weighted by molar-refractivity contribution is 0.0743. The van der Waals surface area contributed by atoms with Crippen LogP contribution in [0.15, 0.2) is 41.2 Å². The van der Waals surface area contributed by atoms with Crippen LogP contribution in [-0.2, 0) is 0 Å². The van der Waals surface area contributed by atoms with Crippen LogP contribution in [0, 0.1) is 5.82 Å². The van der Waals surface area contributed by atoms with Gasteiger partial charge in [-0.05, 0) is 37.1 Å². The Hall–Kier alpha value is -2.63. The maximum absolute atomic E-state index is 13.7. The molecule has 5 nitrogen and oxygen atoms in total. The summed E-state index contributed by atoms with van der Waals surface area (Å²) in [7, 11) is 0. The zero-order chi connectivity index (χ0) is 17.6. The van der Waals surface area contributed by atoms with Crippen LogP contribution >= 0.6 is 0 Å². The normalized spacial score (nSPS) is 15.3. The average molecular weight is 344 g/mol. The van der Waals surface area contributed by atoms with Gasteiger partial charge < -0.3 is 14.6 Å². The number of halogens is 1. The van der Waals surface area contributed by atoms with E-state index in [4.69, 9.17) is 4.42 Å². The van der Waals surface area contributed by atoms with E-state index < -0.39 is 11.7 Å². The van der Waals surface area contributed by atoms with Gasteiger partial charge in [-0.1, -0.05) is 19.3 Å². The van der Waals surface area contributed by atoms with Crippen molar-refractivity contribution in [2.75, 3.05) is 18.4 Å². The van der Waals surface area contributed by atoms with E-state index in [2.05, 4.69) is 5.32 Å². The molecule has 1 aromatic carbocycles. The first kappa shape index (κ1) is 17.2. The predicted molar refractivity (Wildman–Crippen MR) is 92.0 cm³/mol. The Morgan fingerprint density at radius 1 is 1.04 bits per heavy atom. The summed E-state index contributed by atoms with van der Waals surface area (Å²) < 4.78 is 18.6. The minimum atomic E-state index is -0.508. The summed E-state index contributed by atoms with van der Waals surface area (Å²) in [5, 5.41) is 2.62. The van der Waals surface area contributed by atoms with E-state index in [0.29, 0.717) is 24.2 Å². The number of amides is 2. The van der Waals surface area contributed by atoms with Gasteiger partial charge in [0.05, 0.1) is 23.1 Å². The molecular formula is C19H21FN2O3. The van der Waals surface area contributed by atoms with Gasteiger partial charge in [0, 0.05) is 13.1 Å². The third kappa shape index (κ3) is 4.26. The molecule has 1 saturated heterocycles. The number of carbonyl (C=O) groups is 2. The summed E-state index contributed by atoms with van der Waals surface area (Å²) in [5.41, 5.74) is 0.797. The maximum atomic E-state index is 13.7. The highest BCUT2D eigenvalue weighted by molar-refractivity contribution is 6.08. The highest BCUT2D eigenvalue weighted by Crippen LogP contribution is 2.22. The zero-order valence-electron chi connectivity index (χ0n) is 14.0. The molecule has 0 radical (unpaired) electrons. The SMILES string of the molecule is O=C(Nc1cc(F)ccc1C(=O)N1CCCCCCC1)c1ccoc1. The van der Waals surface area contributed by atoms with Crippen molar-refractivity contribution in [2.24, 2.45) is 0 Å². The molecule has 1 fully saturated rings. The van der Waals surface area contributed by atoms with Crippen molar-refractivity contribution in [1.82, 2.24) is 4.90 Å². The van der Waals surface area contributed by atoms with E-state index in [0.717, 1.165) is 25.7 Å². The second-order valence-corrected chi connectivity index (χ2v) is 6.22. The molecule has 2 aromatic rings. The molecule has 2 amide bonds. The Bertz CT molecular complexity index is 735. The van der Waals surface area contributed by atoms with Crippen molar-refractivity contribution >= 4 is 17.5 Å². The molecule has 132 valence electrons. The van der Waals surface area contributed by atoms with Crippen molar-refractivity contribution in [2.45, 2.75) is 32.1 Å². The van der Waals surface area contributed by atoms with Gasteiger partial charge in [0.15, 0.2) is 0 Å². The lowest BCUT2D eigenvalue weighted by atomic mass is 10.1. The summed E-state index contributed by atoms with van der Waals surface area (Å²) in [5.74, 6) is -1.13. The average Bonchev–Trinajstić information content (AvgIpc) is 3.09. The van der Waals surface area contributed by atoms with E-state index in [9.17, 15) is 14.0 Å². The summed E-state index contributed by atoms with van der Waals surface area (Å²) in [6, 6.07) is 5.36. The molecule has 0 bridgehead atoms. The van der Waals surface area contributed by atoms with Crippen LogP contribution in [0.5, 0.6) is 0 Å². The number of nitrogens with zero attached hydrogens (tertiary/aromatic N) is 1. The van der Waals surface area contributed by atoms with Gasteiger partial charge in [-0.2, -0.15) is 0 Å². The van der Waals surface area contributed by atoms with Crippen LogP contribution in [0.4, 0.5) is 10.1 Å². The molecule has 0 atom stereocenters. The number of likely N-dealkylation sites (tertiary alicyclic amines) is 1. The lowest BCUT2D eigenvalue weighted by Crippen LogP contribution is -2.34. The van der Waals surface area contributed by atoms with Gasteiger partial charge >= 0.3 is 0 Å². The van der Waals surface area contributed by atoms with Crippen molar-refractivity contribution < 1.29 is 18.4 Å². The molecule has 1 aromatic heterocycles. The summed E-state index contributed by atoms with van der Waals surface area (Å²) >= 11 is 0. The molecule has 25 heavy (non-hydrogen) atoms. The molecule has 1 aliphatic heterocycles. The van der Waals surface area contributed by atoms with Gasteiger partial charge in [0.2, 0.25) is 0 Å². The van der Waals surface area contributed by atoms with Crippen molar-refractivity contribution in [3.8, 4) is 0 Å². The molecule has 6 heteroatoms. The van der Waals surface area contributed by atoms with Gasteiger partial charge in [0.25, 0.3) is 11.8 Å². The van der Waals surface area contributed by atoms with Gasteiger partial charge in [-0.25, -0.2) is 4.39 Å². The minimum Gasteiger partial charge on any atom is -0.472 e. The molecule has 0 saturated carbocycles. The number of rotatable bonds is 3. The van der Waals surface area contributed by atoms with Crippen LogP contribution in [0.1, 0.15) is 52.8 Å². The lowest BCUT2D eigenvalue weighted by Gasteiger charge is -2.25. The summed E-state index contributed by atoms with van der Waals surface area (Å²) in [6.07, 6.45) is 8.02. The van der Waals surface area contributed by atoms with E-state index in [1.54, 1.807) is 4.90 Å². The number of furan rings is 1. The Kier molecular flexibility index (Phi) is 5.48. The Morgan fingerprint density at radius 3 is 2.44 bits per heavy atom. The fourth-order valence-corrected chi connectivity index (χ4v) is 3.02. The molecule has 2 heterocycles. The number of hydrogen-bond acceptors (Lipinski definition) is 3. The van der Waals surface area contributed by atoms with Crippen molar-refractivity contribution in [3.63, 3.8) is 0 Å². The molecular weight excluding hydrogens is 323 g/mol. The number of carbonyl (C=O) groups excluding carboxylic acids is 2. The standard InChI is InChI=1S/C19H21FN2O3/c20-15-6-7-16(19(24)22-9-4-2-1-3-5-10-22)17(12-15)21-18(23)14-8-11-25-13-14/h6-8,11-13H,1-5,9-10H2,(H,21,23). The summed E-state index contributed by atoms with van der Waals surface area (Å²) in [6.45, 7) is 1.37. The van der Waals surface area contributed by atoms with Gasteiger partial charge in [-0.3, -0.25) is 9.59 Å². The molecule has 3 rings (SSSR count). The van der Waals surface area contributed by atoms with Crippen LogP contribution in [-0.4, -0.2) is 29.8 Å². The van der Waals surface area contributed by atoms with E-state index in [-0.39, 0.29) is 11.6 Å². The van der Waals surface area contributed by atoms with E-state index >= 15 is 0 Å². The monoisotopic (exact) mass is 344 g/mol. The molecule has 1 aliphatic rings. The quantitative estimate of drug-likeness (QED) is 0.913. The second kappa shape index (κ2) is 7.96. The van der Waals surface area contributed by atoms with E-state index in [1.807, 2.05) is 0 Å². The van der Waals surface area contributed by atoms with Crippen LogP contribution in [0.25, 0.3) is 0 Å². The topological polar surface area (TPSA) is 62.6 Å². The molecule has 0 aliphatic carbocycles. The fraction of sp³-hybridized carbons (Fsp3) is 0.368. The van der Waals surface area contributed by atoms with Crippen LogP contribution in [0.3, 0.4) is 0 Å². The number of anilines is 1. The van der Waals surface area contributed by atoms with Crippen molar-refractivity contribution in [1.29, 1.82) is 0 Å². The smallest absolute Gasteiger partial charge is 0.258 e. The van der Waals surface area contributed by atoms with Gasteiger partial charge in [-0.15, -0.1) is 0 Å². The first-order chi connectivity index (χ1) is 12.1. The summed E-state index contributed by atoms with van der Waals surface area (Å²) in [4.78, 5) is 26.9. The zero-order valence-corrected chi connectivity index (χ0v) is 14.0. The van der Waals surface area contributed by atoms with Crippen molar-refractivity contribution in [3.05, 3.63) is 53.7 Å². The largest absolute Gasteiger partial charge is 0.472 e. The Morgan fingerprint density at radius 2 is 1.76 bits per heavy atom. The van der Waals surface area contributed by atoms with E-state index in [1.165, 1.54) is 43.2 Å². The van der Waals surface area contributed by atoms with Crippen LogP contribution < -0.4 is 5.32 Å². The third-order valence-corrected chi connectivity index (χ3v) is 4.39.